The van der Waals surface area contributed by atoms with E-state index in [9.17, 15) is 15.3 Å². The van der Waals surface area contributed by atoms with Gasteiger partial charge in [-0.05, 0) is 5.54 Å². The lowest BCUT2D eigenvalue weighted by molar-refractivity contribution is -0.152. The van der Waals surface area contributed by atoms with E-state index in [2.05, 4.69) is 20.0 Å². The molecule has 2 fully saturated rings. The summed E-state index contributed by atoms with van der Waals surface area (Å²) in [4.78, 5) is 0. The largest absolute Gasteiger partial charge is 0.394 e. The quantitative estimate of drug-likeness (QED) is 0.329. The van der Waals surface area contributed by atoms with Gasteiger partial charge in [0, 0.05) is 5.92 Å². The summed E-state index contributed by atoms with van der Waals surface area (Å²) in [7, 11) is -1.48. The Morgan fingerprint density at radius 3 is 1.88 bits per heavy atom. The van der Waals surface area contributed by atoms with Crippen LogP contribution in [0.3, 0.4) is 0 Å². The van der Waals surface area contributed by atoms with E-state index in [1.807, 2.05) is 0 Å². The predicted molar refractivity (Wildman–Crippen MR) is 109 cm³/mol. The number of fused-ring (bicyclic) bond motifs is 1. The Kier molecular flexibility index (Phi) is 9.08. The average molecular weight is 387 g/mol. The molecule has 1 aliphatic carbocycles. The number of hydrogen-bond donors (Lipinski definition) is 3. The van der Waals surface area contributed by atoms with E-state index in [1.54, 1.807) is 0 Å². The van der Waals surface area contributed by atoms with Gasteiger partial charge in [-0.3, -0.25) is 0 Å². The standard InChI is InChI=1S/C21H42O4Si/c1-4-5-6-7-8-9-10-11-12-13-14-26(2,3)21-17-19(24)18(23)16(15-22)25-20(17)21/h16-24H,4-15H2,1-3H3. The maximum Gasteiger partial charge on any atom is 0.109 e. The lowest BCUT2D eigenvalue weighted by Crippen LogP contribution is -2.47. The molecule has 0 radical (unpaired) electrons. The molecule has 26 heavy (non-hydrogen) atoms. The molecule has 1 saturated carbocycles. The molecule has 2 rings (SSSR count). The number of hydrogen-bond acceptors (Lipinski definition) is 4. The maximum absolute atomic E-state index is 10.4. The number of aliphatic hydroxyl groups excluding tert-OH is 3. The molecule has 1 aliphatic heterocycles. The monoisotopic (exact) mass is 386 g/mol. The van der Waals surface area contributed by atoms with Crippen LogP contribution in [-0.4, -0.2) is 54.4 Å². The third-order valence-electron chi connectivity index (χ3n) is 6.72. The van der Waals surface area contributed by atoms with Crippen molar-refractivity contribution in [2.24, 2.45) is 5.92 Å². The molecule has 4 nitrogen and oxygen atoms in total. The molecule has 0 aromatic carbocycles. The highest BCUT2D eigenvalue weighted by Gasteiger charge is 2.66. The second kappa shape index (κ2) is 10.6. The molecule has 0 aromatic heterocycles. The minimum Gasteiger partial charge on any atom is -0.394 e. The van der Waals surface area contributed by atoms with E-state index >= 15 is 0 Å². The van der Waals surface area contributed by atoms with Gasteiger partial charge in [-0.2, -0.15) is 0 Å². The SMILES string of the molecule is CCCCCCCCCCCC[Si](C)(C)C1C2OC(CO)C(O)C(O)C21. The van der Waals surface area contributed by atoms with Gasteiger partial charge in [0.1, 0.15) is 12.2 Å². The Morgan fingerprint density at radius 1 is 0.808 bits per heavy atom. The third-order valence-corrected chi connectivity index (χ3v) is 10.9. The molecule has 0 spiro atoms. The average Bonchev–Trinajstić information content (AvgIpc) is 3.35. The van der Waals surface area contributed by atoms with Gasteiger partial charge < -0.3 is 20.1 Å². The zero-order chi connectivity index (χ0) is 19.2. The molecule has 1 heterocycles. The van der Waals surface area contributed by atoms with Gasteiger partial charge in [0.2, 0.25) is 0 Å². The first-order valence-corrected chi connectivity index (χ1v) is 14.3. The summed E-state index contributed by atoms with van der Waals surface area (Å²) >= 11 is 0. The van der Waals surface area contributed by atoms with Crippen molar-refractivity contribution in [3.05, 3.63) is 0 Å². The Hall–Kier alpha value is 0.0569. The predicted octanol–water partition coefficient (Wildman–Crippen LogP) is 4.10. The zero-order valence-electron chi connectivity index (χ0n) is 17.2. The van der Waals surface area contributed by atoms with Crippen LogP contribution in [0.2, 0.25) is 24.7 Å². The highest BCUT2D eigenvalue weighted by molar-refractivity contribution is 6.79. The van der Waals surface area contributed by atoms with Crippen LogP contribution in [-0.2, 0) is 4.74 Å². The molecule has 3 N–H and O–H groups in total. The van der Waals surface area contributed by atoms with Gasteiger partial charge in [0.25, 0.3) is 0 Å². The summed E-state index contributed by atoms with van der Waals surface area (Å²) in [6.45, 7) is 6.86. The van der Waals surface area contributed by atoms with Gasteiger partial charge in [-0.15, -0.1) is 0 Å². The second-order valence-corrected chi connectivity index (χ2v) is 14.5. The molecule has 0 aromatic rings. The first kappa shape index (κ1) is 22.3. The highest BCUT2D eigenvalue weighted by atomic mass is 28.3. The molecule has 5 heteroatoms. The van der Waals surface area contributed by atoms with E-state index in [1.165, 1.54) is 70.3 Å². The van der Waals surface area contributed by atoms with E-state index < -0.39 is 26.4 Å². The van der Waals surface area contributed by atoms with Crippen molar-refractivity contribution >= 4 is 8.07 Å². The lowest BCUT2D eigenvalue weighted by Gasteiger charge is -2.30. The molecule has 0 amide bonds. The normalized spacial score (nSPS) is 33.9. The van der Waals surface area contributed by atoms with Crippen molar-refractivity contribution in [1.82, 2.24) is 0 Å². The van der Waals surface area contributed by atoms with Crippen LogP contribution in [0.5, 0.6) is 0 Å². The minimum atomic E-state index is -1.48. The maximum atomic E-state index is 10.4. The summed E-state index contributed by atoms with van der Waals surface area (Å²) in [6.07, 6.45) is 11.4. The Morgan fingerprint density at radius 2 is 1.35 bits per heavy atom. The molecule has 1 saturated heterocycles. The third kappa shape index (κ3) is 5.78. The summed E-state index contributed by atoms with van der Waals surface area (Å²) < 4.78 is 5.87. The Bertz CT molecular complexity index is 403. The number of aliphatic hydroxyl groups is 3. The molecule has 0 bridgehead atoms. The molecular weight excluding hydrogens is 344 g/mol. The van der Waals surface area contributed by atoms with E-state index in [4.69, 9.17) is 4.74 Å². The van der Waals surface area contributed by atoms with Crippen molar-refractivity contribution < 1.29 is 20.1 Å². The Balaban J connectivity index is 1.60. The topological polar surface area (TPSA) is 69.9 Å². The fourth-order valence-corrected chi connectivity index (χ4v) is 8.97. The van der Waals surface area contributed by atoms with Crippen LogP contribution in [0.1, 0.15) is 71.1 Å². The van der Waals surface area contributed by atoms with E-state index in [0.717, 1.165) is 0 Å². The van der Waals surface area contributed by atoms with Gasteiger partial charge in [-0.25, -0.2) is 0 Å². The van der Waals surface area contributed by atoms with Crippen molar-refractivity contribution in [2.45, 2.75) is 120 Å². The fourth-order valence-electron chi connectivity index (χ4n) is 4.97. The zero-order valence-corrected chi connectivity index (χ0v) is 18.2. The lowest BCUT2D eigenvalue weighted by atomic mass is 10.0. The number of ether oxygens (including phenoxy) is 1. The van der Waals surface area contributed by atoms with Crippen molar-refractivity contribution in [2.75, 3.05) is 6.61 Å². The van der Waals surface area contributed by atoms with Crippen molar-refractivity contribution in [3.8, 4) is 0 Å². The van der Waals surface area contributed by atoms with Gasteiger partial charge in [0.15, 0.2) is 0 Å². The van der Waals surface area contributed by atoms with Crippen molar-refractivity contribution in [1.29, 1.82) is 0 Å². The van der Waals surface area contributed by atoms with Crippen LogP contribution in [0.25, 0.3) is 0 Å². The summed E-state index contributed by atoms with van der Waals surface area (Å²) in [6, 6.07) is 1.27. The number of rotatable bonds is 13. The van der Waals surface area contributed by atoms with Crippen molar-refractivity contribution in [3.63, 3.8) is 0 Å². The van der Waals surface area contributed by atoms with Crippen LogP contribution < -0.4 is 0 Å². The second-order valence-electron chi connectivity index (χ2n) is 9.33. The minimum absolute atomic E-state index is 0.0651. The van der Waals surface area contributed by atoms with Gasteiger partial charge >= 0.3 is 0 Å². The molecule has 154 valence electrons. The Labute approximate surface area is 161 Å². The van der Waals surface area contributed by atoms with E-state index in [0.29, 0.717) is 5.54 Å². The van der Waals surface area contributed by atoms with Crippen LogP contribution in [0.4, 0.5) is 0 Å². The van der Waals surface area contributed by atoms with Gasteiger partial charge in [0.05, 0.1) is 26.9 Å². The van der Waals surface area contributed by atoms with Crippen LogP contribution >= 0.6 is 0 Å². The summed E-state index contributed by atoms with van der Waals surface area (Å²) in [5.74, 6) is 0.0950. The van der Waals surface area contributed by atoms with Gasteiger partial charge in [-0.1, -0.05) is 90.3 Å². The summed E-state index contributed by atoms with van der Waals surface area (Å²) in [5.41, 5.74) is 0.433. The van der Waals surface area contributed by atoms with Crippen LogP contribution in [0.15, 0.2) is 0 Å². The smallest absolute Gasteiger partial charge is 0.109 e. The first-order valence-electron chi connectivity index (χ1n) is 11.1. The highest BCUT2D eigenvalue weighted by Crippen LogP contribution is 2.60. The van der Waals surface area contributed by atoms with E-state index in [-0.39, 0.29) is 18.6 Å². The first-order chi connectivity index (χ1) is 12.4. The fraction of sp³-hybridized carbons (Fsp3) is 1.00. The number of unbranched alkanes of at least 4 members (excludes halogenated alkanes) is 9. The molecule has 6 atom stereocenters. The molecule has 6 unspecified atom stereocenters. The molecule has 2 aliphatic rings. The van der Waals surface area contributed by atoms with Crippen LogP contribution in [0, 0.1) is 5.92 Å². The molecular formula is C21H42O4Si. The summed E-state index contributed by atoms with van der Waals surface area (Å²) in [5, 5.41) is 29.7.